The molecule has 0 spiro atoms. The lowest BCUT2D eigenvalue weighted by Crippen LogP contribution is -2.33. The molecule has 0 aromatic heterocycles. The Labute approximate surface area is 141 Å². The Morgan fingerprint density at radius 3 is 2.48 bits per heavy atom. The van der Waals surface area contributed by atoms with Gasteiger partial charge < -0.3 is 19.9 Å². The summed E-state index contributed by atoms with van der Waals surface area (Å²) < 4.78 is 10.7. The van der Waals surface area contributed by atoms with E-state index in [1.54, 1.807) is 7.11 Å². The van der Waals surface area contributed by atoms with Crippen LogP contribution < -0.4 is 10.1 Å². The summed E-state index contributed by atoms with van der Waals surface area (Å²) in [5, 5.41) is 13.3. The van der Waals surface area contributed by atoms with Crippen molar-refractivity contribution in [2.45, 2.75) is 52.2 Å². The molecule has 23 heavy (non-hydrogen) atoms. The van der Waals surface area contributed by atoms with E-state index in [0.29, 0.717) is 25.7 Å². The fourth-order valence-corrected chi connectivity index (χ4v) is 2.49. The maximum atomic E-state index is 9.96. The molecule has 0 aliphatic rings. The van der Waals surface area contributed by atoms with Crippen LogP contribution in [0, 0.1) is 5.92 Å². The van der Waals surface area contributed by atoms with Crippen molar-refractivity contribution in [3.63, 3.8) is 0 Å². The monoisotopic (exact) mass is 323 g/mol. The normalized spacial score (nSPS) is 13.7. The van der Waals surface area contributed by atoms with Gasteiger partial charge in [0.15, 0.2) is 0 Å². The second kappa shape index (κ2) is 12.3. The molecular weight excluding hydrogens is 290 g/mol. The quantitative estimate of drug-likeness (QED) is 0.584. The Morgan fingerprint density at radius 2 is 1.87 bits per heavy atom. The number of aliphatic hydroxyl groups is 1. The van der Waals surface area contributed by atoms with Crippen molar-refractivity contribution in [1.29, 1.82) is 0 Å². The average molecular weight is 323 g/mol. The van der Waals surface area contributed by atoms with Gasteiger partial charge in [0.1, 0.15) is 5.75 Å². The first-order chi connectivity index (χ1) is 11.2. The molecule has 0 heterocycles. The third-order valence-electron chi connectivity index (χ3n) is 4.09. The van der Waals surface area contributed by atoms with E-state index in [9.17, 15) is 5.11 Å². The highest BCUT2D eigenvalue weighted by Gasteiger charge is 2.08. The zero-order valence-electron chi connectivity index (χ0n) is 14.9. The molecule has 1 aromatic carbocycles. The molecule has 4 heteroatoms. The van der Waals surface area contributed by atoms with Crippen LogP contribution in [-0.4, -0.2) is 38.0 Å². The molecule has 2 atom stereocenters. The lowest BCUT2D eigenvalue weighted by Gasteiger charge is -2.17. The first kappa shape index (κ1) is 19.9. The molecule has 0 fully saturated rings. The predicted molar refractivity (Wildman–Crippen MR) is 94.8 cm³/mol. The SMILES string of the molecule is CCCC[C@@H](CC)CNC[C@@H](O)COCc1ccc(OC)cc1. The van der Waals surface area contributed by atoms with E-state index >= 15 is 0 Å². The molecule has 0 saturated carbocycles. The highest BCUT2D eigenvalue weighted by atomic mass is 16.5. The largest absolute Gasteiger partial charge is 0.497 e. The van der Waals surface area contributed by atoms with Gasteiger partial charge in [-0.15, -0.1) is 0 Å². The Kier molecular flexibility index (Phi) is 10.7. The van der Waals surface area contributed by atoms with Crippen molar-refractivity contribution in [3.05, 3.63) is 29.8 Å². The number of aliphatic hydroxyl groups excluding tert-OH is 1. The summed E-state index contributed by atoms with van der Waals surface area (Å²) in [6.45, 7) is 6.89. The van der Waals surface area contributed by atoms with Gasteiger partial charge in [0.05, 0.1) is 26.4 Å². The Balaban J connectivity index is 2.12. The second-order valence-electron chi connectivity index (χ2n) is 6.09. The number of hydrogen-bond donors (Lipinski definition) is 2. The van der Waals surface area contributed by atoms with E-state index < -0.39 is 6.10 Å². The van der Waals surface area contributed by atoms with Crippen LogP contribution >= 0.6 is 0 Å². The van der Waals surface area contributed by atoms with Gasteiger partial charge in [-0.3, -0.25) is 0 Å². The molecule has 132 valence electrons. The third-order valence-corrected chi connectivity index (χ3v) is 4.09. The summed E-state index contributed by atoms with van der Waals surface area (Å²) in [6, 6.07) is 7.78. The summed E-state index contributed by atoms with van der Waals surface area (Å²) in [4.78, 5) is 0. The zero-order chi connectivity index (χ0) is 16.9. The van der Waals surface area contributed by atoms with Gasteiger partial charge in [-0.1, -0.05) is 45.2 Å². The Hall–Kier alpha value is -1.10. The lowest BCUT2D eigenvalue weighted by atomic mass is 9.99. The summed E-state index contributed by atoms with van der Waals surface area (Å²) in [5.74, 6) is 1.55. The van der Waals surface area contributed by atoms with Crippen LogP contribution in [-0.2, 0) is 11.3 Å². The second-order valence-corrected chi connectivity index (χ2v) is 6.09. The van der Waals surface area contributed by atoms with Crippen molar-refractivity contribution in [3.8, 4) is 5.75 Å². The van der Waals surface area contributed by atoms with Gasteiger partial charge in [0.2, 0.25) is 0 Å². The standard InChI is InChI=1S/C19H33NO3/c1-4-6-7-16(5-2)12-20-13-18(21)15-23-14-17-8-10-19(22-3)11-9-17/h8-11,16,18,20-21H,4-7,12-15H2,1-3H3/t16-,18-/m1/s1. The van der Waals surface area contributed by atoms with Crippen molar-refractivity contribution >= 4 is 0 Å². The average Bonchev–Trinajstić information content (AvgIpc) is 2.58. The molecule has 1 rings (SSSR count). The number of nitrogens with one attached hydrogen (secondary N) is 1. The number of benzene rings is 1. The van der Waals surface area contributed by atoms with E-state index in [1.165, 1.54) is 25.7 Å². The summed E-state index contributed by atoms with van der Waals surface area (Å²) >= 11 is 0. The number of rotatable bonds is 13. The molecule has 0 amide bonds. The molecule has 0 bridgehead atoms. The minimum atomic E-state index is -0.461. The topological polar surface area (TPSA) is 50.7 Å². The number of unbranched alkanes of at least 4 members (excludes halogenated alkanes) is 1. The summed E-state index contributed by atoms with van der Waals surface area (Å²) in [6.07, 6.45) is 4.53. The van der Waals surface area contributed by atoms with Crippen LogP contribution in [0.5, 0.6) is 5.75 Å². The Bertz CT molecular complexity index is 394. The molecule has 2 N–H and O–H groups in total. The van der Waals surface area contributed by atoms with Gasteiger partial charge in [-0.2, -0.15) is 0 Å². The van der Waals surface area contributed by atoms with E-state index in [2.05, 4.69) is 19.2 Å². The molecule has 1 aromatic rings. The van der Waals surface area contributed by atoms with Crippen molar-refractivity contribution < 1.29 is 14.6 Å². The molecule has 0 aliphatic heterocycles. The number of hydrogen-bond acceptors (Lipinski definition) is 4. The first-order valence-corrected chi connectivity index (χ1v) is 8.79. The maximum absolute atomic E-state index is 9.96. The van der Waals surface area contributed by atoms with E-state index in [4.69, 9.17) is 9.47 Å². The van der Waals surface area contributed by atoms with E-state index in [1.807, 2.05) is 24.3 Å². The van der Waals surface area contributed by atoms with Crippen LogP contribution in [0.3, 0.4) is 0 Å². The number of methoxy groups -OCH3 is 1. The van der Waals surface area contributed by atoms with Gasteiger partial charge in [0, 0.05) is 6.54 Å². The van der Waals surface area contributed by atoms with Gasteiger partial charge in [-0.25, -0.2) is 0 Å². The molecule has 0 aliphatic carbocycles. The van der Waals surface area contributed by atoms with Crippen molar-refractivity contribution in [2.24, 2.45) is 5.92 Å². The summed E-state index contributed by atoms with van der Waals surface area (Å²) in [7, 11) is 1.65. The van der Waals surface area contributed by atoms with Crippen LogP contribution in [0.25, 0.3) is 0 Å². The van der Waals surface area contributed by atoms with Crippen LogP contribution in [0.15, 0.2) is 24.3 Å². The fraction of sp³-hybridized carbons (Fsp3) is 0.684. The van der Waals surface area contributed by atoms with Crippen LogP contribution in [0.2, 0.25) is 0 Å². The van der Waals surface area contributed by atoms with E-state index in [0.717, 1.165) is 17.9 Å². The third kappa shape index (κ3) is 8.94. The van der Waals surface area contributed by atoms with Crippen LogP contribution in [0.4, 0.5) is 0 Å². The highest BCUT2D eigenvalue weighted by Crippen LogP contribution is 2.12. The van der Waals surface area contributed by atoms with Gasteiger partial charge in [-0.05, 0) is 36.6 Å². The number of ether oxygens (including phenoxy) is 2. The highest BCUT2D eigenvalue weighted by molar-refractivity contribution is 5.26. The molecule has 0 unspecified atom stereocenters. The molecule has 4 nitrogen and oxygen atoms in total. The van der Waals surface area contributed by atoms with Crippen LogP contribution in [0.1, 0.15) is 45.1 Å². The maximum Gasteiger partial charge on any atom is 0.118 e. The van der Waals surface area contributed by atoms with Crippen molar-refractivity contribution in [2.75, 3.05) is 26.8 Å². The zero-order valence-corrected chi connectivity index (χ0v) is 14.9. The van der Waals surface area contributed by atoms with Gasteiger partial charge in [0.25, 0.3) is 0 Å². The molecular formula is C19H33NO3. The van der Waals surface area contributed by atoms with Crippen molar-refractivity contribution in [1.82, 2.24) is 5.32 Å². The predicted octanol–water partition coefficient (Wildman–Crippen LogP) is 3.38. The van der Waals surface area contributed by atoms with E-state index in [-0.39, 0.29) is 0 Å². The molecule has 0 saturated heterocycles. The minimum Gasteiger partial charge on any atom is -0.497 e. The minimum absolute atomic E-state index is 0.352. The molecule has 0 radical (unpaired) electrons. The fourth-order valence-electron chi connectivity index (χ4n) is 2.49. The summed E-state index contributed by atoms with van der Waals surface area (Å²) in [5.41, 5.74) is 1.08. The van der Waals surface area contributed by atoms with Gasteiger partial charge >= 0.3 is 0 Å². The lowest BCUT2D eigenvalue weighted by molar-refractivity contribution is 0.0284. The first-order valence-electron chi connectivity index (χ1n) is 8.79. The Morgan fingerprint density at radius 1 is 1.13 bits per heavy atom. The smallest absolute Gasteiger partial charge is 0.118 e.